The first-order valence-electron chi connectivity index (χ1n) is 6.37. The molecule has 0 saturated carbocycles. The number of aliphatic hydroxyl groups excluding tert-OH is 1. The summed E-state index contributed by atoms with van der Waals surface area (Å²) in [6.07, 6.45) is 0.894. The predicted octanol–water partition coefficient (Wildman–Crippen LogP) is 1.35. The van der Waals surface area contributed by atoms with Gasteiger partial charge in [-0.1, -0.05) is 6.92 Å². The molecule has 5 heteroatoms. The van der Waals surface area contributed by atoms with Crippen LogP contribution < -0.4 is 14.8 Å². The van der Waals surface area contributed by atoms with Crippen molar-refractivity contribution in [2.45, 2.75) is 25.9 Å². The van der Waals surface area contributed by atoms with Crippen LogP contribution in [0, 0.1) is 0 Å². The molecule has 0 fully saturated rings. The van der Waals surface area contributed by atoms with Gasteiger partial charge in [0.15, 0.2) is 6.61 Å². The zero-order valence-corrected chi connectivity index (χ0v) is 11.4. The second kappa shape index (κ2) is 8.37. The molecule has 1 atom stereocenters. The van der Waals surface area contributed by atoms with Crippen molar-refractivity contribution in [3.63, 3.8) is 0 Å². The van der Waals surface area contributed by atoms with Gasteiger partial charge in [-0.25, -0.2) is 0 Å². The van der Waals surface area contributed by atoms with Crippen molar-refractivity contribution in [2.24, 2.45) is 0 Å². The van der Waals surface area contributed by atoms with Crippen molar-refractivity contribution in [1.29, 1.82) is 0 Å². The van der Waals surface area contributed by atoms with Crippen molar-refractivity contribution in [2.75, 3.05) is 20.3 Å². The third-order valence-corrected chi connectivity index (χ3v) is 2.70. The summed E-state index contributed by atoms with van der Waals surface area (Å²) >= 11 is 0. The lowest BCUT2D eigenvalue weighted by Gasteiger charge is -2.10. The summed E-state index contributed by atoms with van der Waals surface area (Å²) in [6.45, 7) is 2.33. The number of carbonyl (C=O) groups excluding carboxylic acids is 1. The SMILES string of the molecule is CCC(O)CCNC(=O)COc1ccc(OC)cc1. The van der Waals surface area contributed by atoms with Crippen molar-refractivity contribution in [1.82, 2.24) is 5.32 Å². The Morgan fingerprint density at radius 1 is 1.32 bits per heavy atom. The molecule has 0 aliphatic rings. The fourth-order valence-electron chi connectivity index (χ4n) is 1.45. The molecule has 0 aliphatic heterocycles. The summed E-state index contributed by atoms with van der Waals surface area (Å²) in [7, 11) is 1.59. The normalized spacial score (nSPS) is 11.7. The van der Waals surface area contributed by atoms with E-state index in [1.165, 1.54) is 0 Å². The van der Waals surface area contributed by atoms with E-state index in [4.69, 9.17) is 9.47 Å². The first kappa shape index (κ1) is 15.3. The van der Waals surface area contributed by atoms with Crippen LogP contribution in [0.4, 0.5) is 0 Å². The Labute approximate surface area is 113 Å². The number of ether oxygens (including phenoxy) is 2. The van der Waals surface area contributed by atoms with Gasteiger partial charge in [0.05, 0.1) is 13.2 Å². The van der Waals surface area contributed by atoms with Gasteiger partial charge in [0.1, 0.15) is 11.5 Å². The molecule has 0 saturated heterocycles. The summed E-state index contributed by atoms with van der Waals surface area (Å²) in [5.74, 6) is 1.16. The predicted molar refractivity (Wildman–Crippen MR) is 72.4 cm³/mol. The number of nitrogens with one attached hydrogen (secondary N) is 1. The number of carbonyl (C=O) groups is 1. The summed E-state index contributed by atoms with van der Waals surface area (Å²) in [6, 6.07) is 7.02. The highest BCUT2D eigenvalue weighted by Crippen LogP contribution is 2.16. The van der Waals surface area contributed by atoms with Gasteiger partial charge in [-0.3, -0.25) is 4.79 Å². The number of hydrogen-bond donors (Lipinski definition) is 2. The summed E-state index contributed by atoms with van der Waals surface area (Å²) < 4.78 is 10.3. The maximum Gasteiger partial charge on any atom is 0.257 e. The van der Waals surface area contributed by atoms with E-state index in [-0.39, 0.29) is 18.6 Å². The number of hydrogen-bond acceptors (Lipinski definition) is 4. The molecule has 1 rings (SSSR count). The summed E-state index contributed by atoms with van der Waals surface area (Å²) in [5.41, 5.74) is 0. The second-order valence-corrected chi connectivity index (χ2v) is 4.16. The molecule has 0 heterocycles. The van der Waals surface area contributed by atoms with Crippen LogP contribution in [-0.2, 0) is 4.79 Å². The van der Waals surface area contributed by atoms with Gasteiger partial charge < -0.3 is 19.9 Å². The average molecular weight is 267 g/mol. The molecular formula is C14H21NO4. The van der Waals surface area contributed by atoms with Gasteiger partial charge in [-0.15, -0.1) is 0 Å². The molecule has 1 amide bonds. The average Bonchev–Trinajstić information content (AvgIpc) is 2.45. The maximum atomic E-state index is 11.5. The topological polar surface area (TPSA) is 67.8 Å². The second-order valence-electron chi connectivity index (χ2n) is 4.16. The zero-order valence-electron chi connectivity index (χ0n) is 11.4. The Kier molecular flexibility index (Phi) is 6.74. The molecule has 0 aromatic heterocycles. The largest absolute Gasteiger partial charge is 0.497 e. The molecule has 106 valence electrons. The van der Waals surface area contributed by atoms with Gasteiger partial charge in [0.2, 0.25) is 0 Å². The minimum absolute atomic E-state index is 0.0332. The lowest BCUT2D eigenvalue weighted by Crippen LogP contribution is -2.31. The third kappa shape index (κ3) is 6.10. The van der Waals surface area contributed by atoms with Crippen LogP contribution in [-0.4, -0.2) is 37.4 Å². The monoisotopic (exact) mass is 267 g/mol. The standard InChI is InChI=1S/C14H21NO4/c1-3-11(16)8-9-15-14(17)10-19-13-6-4-12(18-2)5-7-13/h4-7,11,16H,3,8-10H2,1-2H3,(H,15,17). The van der Waals surface area contributed by atoms with Crippen LogP contribution in [0.3, 0.4) is 0 Å². The van der Waals surface area contributed by atoms with Crippen molar-refractivity contribution in [3.05, 3.63) is 24.3 Å². The quantitative estimate of drug-likeness (QED) is 0.746. The first-order valence-corrected chi connectivity index (χ1v) is 6.37. The van der Waals surface area contributed by atoms with Crippen LogP contribution in [0.15, 0.2) is 24.3 Å². The molecule has 0 aliphatic carbocycles. The van der Waals surface area contributed by atoms with Gasteiger partial charge in [-0.2, -0.15) is 0 Å². The van der Waals surface area contributed by atoms with Crippen molar-refractivity contribution >= 4 is 5.91 Å². The first-order chi connectivity index (χ1) is 9.15. The lowest BCUT2D eigenvalue weighted by molar-refractivity contribution is -0.123. The number of rotatable bonds is 8. The Morgan fingerprint density at radius 2 is 1.95 bits per heavy atom. The van der Waals surface area contributed by atoms with E-state index in [0.717, 1.165) is 5.75 Å². The van der Waals surface area contributed by atoms with Crippen molar-refractivity contribution < 1.29 is 19.4 Å². The van der Waals surface area contributed by atoms with Gasteiger partial charge in [-0.05, 0) is 37.1 Å². The third-order valence-electron chi connectivity index (χ3n) is 2.70. The molecule has 5 nitrogen and oxygen atoms in total. The van der Waals surface area contributed by atoms with E-state index < -0.39 is 0 Å². The van der Waals surface area contributed by atoms with Crippen LogP contribution in [0.5, 0.6) is 11.5 Å². The Morgan fingerprint density at radius 3 is 2.53 bits per heavy atom. The number of amides is 1. The van der Waals surface area contributed by atoms with E-state index in [2.05, 4.69) is 5.32 Å². The van der Waals surface area contributed by atoms with Crippen molar-refractivity contribution in [3.8, 4) is 11.5 Å². The molecule has 0 bridgehead atoms. The van der Waals surface area contributed by atoms with E-state index in [9.17, 15) is 9.90 Å². The highest BCUT2D eigenvalue weighted by Gasteiger charge is 2.04. The van der Waals surface area contributed by atoms with Gasteiger partial charge in [0, 0.05) is 6.54 Å². The number of methoxy groups -OCH3 is 1. The molecule has 19 heavy (non-hydrogen) atoms. The fourth-order valence-corrected chi connectivity index (χ4v) is 1.45. The molecule has 2 N–H and O–H groups in total. The molecule has 0 radical (unpaired) electrons. The molecule has 1 aromatic rings. The van der Waals surface area contributed by atoms with Crippen LogP contribution in [0.25, 0.3) is 0 Å². The minimum Gasteiger partial charge on any atom is -0.497 e. The van der Waals surface area contributed by atoms with Gasteiger partial charge in [0.25, 0.3) is 5.91 Å². The van der Waals surface area contributed by atoms with E-state index in [0.29, 0.717) is 25.1 Å². The fraction of sp³-hybridized carbons (Fsp3) is 0.500. The molecule has 0 spiro atoms. The smallest absolute Gasteiger partial charge is 0.257 e. The maximum absolute atomic E-state index is 11.5. The summed E-state index contributed by atoms with van der Waals surface area (Å²) in [5, 5.41) is 12.0. The van der Waals surface area contributed by atoms with E-state index >= 15 is 0 Å². The highest BCUT2D eigenvalue weighted by molar-refractivity contribution is 5.77. The van der Waals surface area contributed by atoms with E-state index in [1.54, 1.807) is 31.4 Å². The Hall–Kier alpha value is -1.75. The Balaban J connectivity index is 2.22. The molecule has 1 unspecified atom stereocenters. The Bertz CT molecular complexity index is 378. The summed E-state index contributed by atoms with van der Waals surface area (Å²) in [4.78, 5) is 11.5. The molecule has 1 aromatic carbocycles. The highest BCUT2D eigenvalue weighted by atomic mass is 16.5. The lowest BCUT2D eigenvalue weighted by atomic mass is 10.2. The van der Waals surface area contributed by atoms with Crippen LogP contribution in [0.1, 0.15) is 19.8 Å². The van der Waals surface area contributed by atoms with E-state index in [1.807, 2.05) is 6.92 Å². The number of benzene rings is 1. The van der Waals surface area contributed by atoms with Crippen LogP contribution >= 0.6 is 0 Å². The zero-order chi connectivity index (χ0) is 14.1. The molecular weight excluding hydrogens is 246 g/mol. The minimum atomic E-state index is -0.359. The number of aliphatic hydroxyl groups is 1. The van der Waals surface area contributed by atoms with Gasteiger partial charge >= 0.3 is 0 Å². The van der Waals surface area contributed by atoms with Crippen LogP contribution in [0.2, 0.25) is 0 Å².